The average Bonchev–Trinajstić information content (AvgIpc) is 2.42. The van der Waals surface area contributed by atoms with Gasteiger partial charge in [0.25, 0.3) is 10.0 Å². The Morgan fingerprint density at radius 1 is 1.15 bits per heavy atom. The standard InChI is InChI=1S/C13H14ClN3O2S/c1-15-8-10-2-5-12(6-3-10)20(18,19)17-13-7-4-11(14)9-16-13/h2-7,9,15H,8H2,1H3,(H,16,17). The second-order valence-electron chi connectivity index (χ2n) is 4.14. The molecule has 0 aliphatic rings. The van der Waals surface area contributed by atoms with E-state index in [0.717, 1.165) is 5.56 Å². The molecule has 5 nitrogen and oxygen atoms in total. The number of hydrogen-bond acceptors (Lipinski definition) is 4. The summed E-state index contributed by atoms with van der Waals surface area (Å²) < 4.78 is 26.7. The van der Waals surface area contributed by atoms with Crippen molar-refractivity contribution in [1.82, 2.24) is 10.3 Å². The van der Waals surface area contributed by atoms with E-state index in [4.69, 9.17) is 11.6 Å². The molecule has 0 spiro atoms. The molecule has 1 heterocycles. The van der Waals surface area contributed by atoms with Crippen LogP contribution in [0.25, 0.3) is 0 Å². The van der Waals surface area contributed by atoms with Crippen molar-refractivity contribution in [2.75, 3.05) is 11.8 Å². The smallest absolute Gasteiger partial charge is 0.263 e. The fraction of sp³-hybridized carbons (Fsp3) is 0.154. The van der Waals surface area contributed by atoms with Gasteiger partial charge in [-0.2, -0.15) is 0 Å². The van der Waals surface area contributed by atoms with Gasteiger partial charge in [-0.05, 0) is 36.9 Å². The second kappa shape index (κ2) is 6.21. The Balaban J connectivity index is 2.19. The van der Waals surface area contributed by atoms with Gasteiger partial charge in [-0.1, -0.05) is 23.7 Å². The van der Waals surface area contributed by atoms with Crippen LogP contribution in [0.1, 0.15) is 5.56 Å². The fourth-order valence-corrected chi connectivity index (χ4v) is 2.74. The molecule has 0 aliphatic heterocycles. The van der Waals surface area contributed by atoms with Crippen molar-refractivity contribution in [3.8, 4) is 0 Å². The topological polar surface area (TPSA) is 71.1 Å². The van der Waals surface area contributed by atoms with Gasteiger partial charge in [0, 0.05) is 12.7 Å². The Morgan fingerprint density at radius 2 is 1.85 bits per heavy atom. The normalized spacial score (nSPS) is 11.3. The van der Waals surface area contributed by atoms with E-state index in [1.165, 1.54) is 12.3 Å². The van der Waals surface area contributed by atoms with Crippen LogP contribution in [0.5, 0.6) is 0 Å². The van der Waals surface area contributed by atoms with Gasteiger partial charge in [-0.15, -0.1) is 0 Å². The van der Waals surface area contributed by atoms with E-state index in [2.05, 4.69) is 15.0 Å². The number of pyridine rings is 1. The third-order valence-corrected chi connectivity index (χ3v) is 4.18. The summed E-state index contributed by atoms with van der Waals surface area (Å²) in [7, 11) is -1.80. The maximum absolute atomic E-state index is 12.2. The summed E-state index contributed by atoms with van der Waals surface area (Å²) in [5, 5.41) is 3.45. The third kappa shape index (κ3) is 3.69. The highest BCUT2D eigenvalue weighted by atomic mass is 35.5. The molecule has 0 aliphatic carbocycles. The van der Waals surface area contributed by atoms with Gasteiger partial charge in [-0.3, -0.25) is 4.72 Å². The van der Waals surface area contributed by atoms with Gasteiger partial charge in [0.2, 0.25) is 0 Å². The number of nitrogens with one attached hydrogen (secondary N) is 2. The Labute approximate surface area is 123 Å². The predicted octanol–water partition coefficient (Wildman–Crippen LogP) is 2.26. The molecular weight excluding hydrogens is 298 g/mol. The molecule has 0 saturated heterocycles. The van der Waals surface area contributed by atoms with Crippen LogP contribution in [-0.2, 0) is 16.6 Å². The lowest BCUT2D eigenvalue weighted by Crippen LogP contribution is -2.14. The lowest BCUT2D eigenvalue weighted by Gasteiger charge is -2.08. The van der Waals surface area contributed by atoms with Crippen LogP contribution in [0.2, 0.25) is 5.02 Å². The number of sulfonamides is 1. The van der Waals surface area contributed by atoms with Crippen LogP contribution in [-0.4, -0.2) is 20.4 Å². The summed E-state index contributed by atoms with van der Waals surface area (Å²) in [6.07, 6.45) is 1.38. The van der Waals surface area contributed by atoms with Crippen LogP contribution >= 0.6 is 11.6 Å². The van der Waals surface area contributed by atoms with E-state index in [0.29, 0.717) is 11.6 Å². The minimum atomic E-state index is -3.63. The Hall–Kier alpha value is -1.63. The quantitative estimate of drug-likeness (QED) is 0.888. The molecule has 0 saturated carbocycles. The Morgan fingerprint density at radius 3 is 2.40 bits per heavy atom. The average molecular weight is 312 g/mol. The summed E-state index contributed by atoms with van der Waals surface area (Å²) in [5.74, 6) is 0.230. The van der Waals surface area contributed by atoms with Crippen LogP contribution < -0.4 is 10.0 Å². The van der Waals surface area contributed by atoms with Crippen molar-refractivity contribution in [3.63, 3.8) is 0 Å². The zero-order valence-electron chi connectivity index (χ0n) is 10.8. The molecule has 1 aromatic heterocycles. The van der Waals surface area contributed by atoms with Crippen LogP contribution in [0.4, 0.5) is 5.82 Å². The van der Waals surface area contributed by atoms with Gasteiger partial charge in [0.15, 0.2) is 0 Å². The van der Waals surface area contributed by atoms with Crippen molar-refractivity contribution in [2.45, 2.75) is 11.4 Å². The summed E-state index contributed by atoms with van der Waals surface area (Å²) in [6.45, 7) is 0.687. The van der Waals surface area contributed by atoms with Gasteiger partial charge in [-0.25, -0.2) is 13.4 Å². The number of hydrogen-bond donors (Lipinski definition) is 2. The molecule has 2 N–H and O–H groups in total. The summed E-state index contributed by atoms with van der Waals surface area (Å²) in [6, 6.07) is 9.73. The second-order valence-corrected chi connectivity index (χ2v) is 6.26. The SMILES string of the molecule is CNCc1ccc(S(=O)(=O)Nc2ccc(Cl)cn2)cc1. The molecule has 0 amide bonds. The molecule has 1 aromatic carbocycles. The third-order valence-electron chi connectivity index (χ3n) is 2.58. The van der Waals surface area contributed by atoms with E-state index >= 15 is 0 Å². The molecule has 0 fully saturated rings. The number of benzene rings is 1. The molecule has 20 heavy (non-hydrogen) atoms. The summed E-state index contributed by atoms with van der Waals surface area (Å²) in [5.41, 5.74) is 1.01. The lowest BCUT2D eigenvalue weighted by atomic mass is 10.2. The number of rotatable bonds is 5. The molecule has 0 atom stereocenters. The molecule has 0 bridgehead atoms. The maximum atomic E-state index is 12.2. The van der Waals surface area contributed by atoms with E-state index in [9.17, 15) is 8.42 Å². The predicted molar refractivity (Wildman–Crippen MR) is 79.3 cm³/mol. The van der Waals surface area contributed by atoms with Crippen molar-refractivity contribution >= 4 is 27.4 Å². The first-order valence-electron chi connectivity index (χ1n) is 5.89. The van der Waals surface area contributed by atoms with E-state index in [1.54, 1.807) is 30.3 Å². The Bertz CT molecular complexity index is 670. The molecule has 0 radical (unpaired) electrons. The lowest BCUT2D eigenvalue weighted by molar-refractivity contribution is 0.601. The van der Waals surface area contributed by atoms with Crippen molar-refractivity contribution in [1.29, 1.82) is 0 Å². The summed E-state index contributed by atoms with van der Waals surface area (Å²) >= 11 is 5.70. The molecule has 106 valence electrons. The molecule has 0 unspecified atom stereocenters. The molecular formula is C13H14ClN3O2S. The molecule has 2 rings (SSSR count). The number of aromatic nitrogens is 1. The van der Waals surface area contributed by atoms with Crippen LogP contribution in [0.15, 0.2) is 47.5 Å². The van der Waals surface area contributed by atoms with Gasteiger partial charge >= 0.3 is 0 Å². The molecule has 7 heteroatoms. The van der Waals surface area contributed by atoms with E-state index < -0.39 is 10.0 Å². The zero-order valence-corrected chi connectivity index (χ0v) is 12.4. The molecule has 2 aromatic rings. The zero-order chi connectivity index (χ0) is 14.6. The van der Waals surface area contributed by atoms with Crippen LogP contribution in [0, 0.1) is 0 Å². The highest BCUT2D eigenvalue weighted by Crippen LogP contribution is 2.16. The van der Waals surface area contributed by atoms with E-state index in [1.807, 2.05) is 7.05 Å². The summed E-state index contributed by atoms with van der Waals surface area (Å²) in [4.78, 5) is 4.09. The van der Waals surface area contributed by atoms with Gasteiger partial charge in [0.1, 0.15) is 5.82 Å². The number of anilines is 1. The first kappa shape index (κ1) is 14.8. The highest BCUT2D eigenvalue weighted by molar-refractivity contribution is 7.92. The van der Waals surface area contributed by atoms with Gasteiger partial charge < -0.3 is 5.32 Å². The maximum Gasteiger partial charge on any atom is 0.263 e. The first-order chi connectivity index (χ1) is 9.51. The van der Waals surface area contributed by atoms with Gasteiger partial charge in [0.05, 0.1) is 9.92 Å². The van der Waals surface area contributed by atoms with Crippen molar-refractivity contribution in [3.05, 3.63) is 53.2 Å². The monoisotopic (exact) mass is 311 g/mol. The fourth-order valence-electron chi connectivity index (χ4n) is 1.62. The van der Waals surface area contributed by atoms with Crippen molar-refractivity contribution < 1.29 is 8.42 Å². The highest BCUT2D eigenvalue weighted by Gasteiger charge is 2.14. The minimum absolute atomic E-state index is 0.189. The van der Waals surface area contributed by atoms with E-state index in [-0.39, 0.29) is 10.7 Å². The minimum Gasteiger partial charge on any atom is -0.316 e. The van der Waals surface area contributed by atoms with Crippen molar-refractivity contribution in [2.24, 2.45) is 0 Å². The first-order valence-corrected chi connectivity index (χ1v) is 7.75. The number of nitrogens with zero attached hydrogens (tertiary/aromatic N) is 1. The Kier molecular flexibility index (Phi) is 4.59. The number of halogens is 1. The van der Waals surface area contributed by atoms with Crippen LogP contribution in [0.3, 0.4) is 0 Å². The largest absolute Gasteiger partial charge is 0.316 e.